The number of carbonyl (C=O) groups is 1. The van der Waals surface area contributed by atoms with Crippen LogP contribution in [0.25, 0.3) is 11.3 Å². The Bertz CT molecular complexity index is 1070. The van der Waals surface area contributed by atoms with E-state index in [4.69, 9.17) is 4.74 Å². The average molecular weight is 389 g/mol. The Morgan fingerprint density at radius 1 is 1.28 bits per heavy atom. The zero-order chi connectivity index (χ0) is 20.5. The largest absolute Gasteiger partial charge is 0.507 e. The summed E-state index contributed by atoms with van der Waals surface area (Å²) < 4.78 is 5.55. The summed E-state index contributed by atoms with van der Waals surface area (Å²) in [7, 11) is 0. The van der Waals surface area contributed by atoms with Gasteiger partial charge in [0.05, 0.1) is 12.6 Å². The Kier molecular flexibility index (Phi) is 4.84. The topological polar surface area (TPSA) is 78.5 Å². The van der Waals surface area contributed by atoms with Crippen LogP contribution in [0.5, 0.6) is 11.5 Å². The molecule has 0 fully saturated rings. The Morgan fingerprint density at radius 3 is 2.72 bits per heavy atom. The molecular formula is C23H23N3O3. The van der Waals surface area contributed by atoms with E-state index in [-0.39, 0.29) is 17.7 Å². The van der Waals surface area contributed by atoms with E-state index in [1.54, 1.807) is 17.0 Å². The van der Waals surface area contributed by atoms with E-state index >= 15 is 0 Å². The first-order valence-electron chi connectivity index (χ1n) is 9.58. The molecule has 6 nitrogen and oxygen atoms in total. The molecule has 148 valence electrons. The number of aromatic amines is 1. The molecule has 1 amide bonds. The Balaban J connectivity index is 1.87. The number of phenolic OH excluding ortho intramolecular Hbond substituents is 1. The number of amides is 1. The minimum absolute atomic E-state index is 0.130. The number of nitrogens with zero attached hydrogens (tertiary/aromatic N) is 2. The minimum atomic E-state index is -0.333. The van der Waals surface area contributed by atoms with Crippen molar-refractivity contribution < 1.29 is 14.6 Å². The van der Waals surface area contributed by atoms with Gasteiger partial charge < -0.3 is 14.7 Å². The van der Waals surface area contributed by atoms with Crippen molar-refractivity contribution in [3.63, 3.8) is 0 Å². The predicted molar refractivity (Wildman–Crippen MR) is 111 cm³/mol. The van der Waals surface area contributed by atoms with Gasteiger partial charge in [0, 0.05) is 17.7 Å². The van der Waals surface area contributed by atoms with Gasteiger partial charge in [0.1, 0.15) is 22.9 Å². The molecule has 1 aromatic heterocycles. The molecule has 2 aromatic carbocycles. The van der Waals surface area contributed by atoms with Crippen LogP contribution in [0, 0.1) is 6.92 Å². The number of aromatic nitrogens is 2. The van der Waals surface area contributed by atoms with E-state index in [9.17, 15) is 9.90 Å². The molecule has 2 heterocycles. The number of nitrogens with one attached hydrogen (secondary N) is 1. The zero-order valence-corrected chi connectivity index (χ0v) is 16.5. The summed E-state index contributed by atoms with van der Waals surface area (Å²) in [6, 6.07) is 12.7. The van der Waals surface area contributed by atoms with Crippen LogP contribution < -0.4 is 4.74 Å². The van der Waals surface area contributed by atoms with E-state index in [2.05, 4.69) is 16.8 Å². The molecule has 1 atom stereocenters. The molecule has 0 aliphatic carbocycles. The highest BCUT2D eigenvalue weighted by atomic mass is 16.5. The molecule has 0 saturated carbocycles. The second-order valence-electron chi connectivity index (χ2n) is 7.03. The smallest absolute Gasteiger partial charge is 0.273 e. The number of aromatic hydroxyl groups is 1. The highest BCUT2D eigenvalue weighted by molar-refractivity contribution is 6.00. The fourth-order valence-electron chi connectivity index (χ4n) is 3.83. The molecule has 4 rings (SSSR count). The number of phenols is 1. The highest BCUT2D eigenvalue weighted by Crippen LogP contribution is 2.44. The number of hydrogen-bond donors (Lipinski definition) is 2. The van der Waals surface area contributed by atoms with Gasteiger partial charge in [-0.3, -0.25) is 9.89 Å². The van der Waals surface area contributed by atoms with E-state index in [0.717, 1.165) is 22.4 Å². The van der Waals surface area contributed by atoms with Crippen LogP contribution in [0.15, 0.2) is 55.1 Å². The fourth-order valence-corrected chi connectivity index (χ4v) is 3.83. The zero-order valence-electron chi connectivity index (χ0n) is 16.5. The molecule has 3 aromatic rings. The maximum Gasteiger partial charge on any atom is 0.273 e. The number of carbonyl (C=O) groups excluding carboxylic acids is 1. The van der Waals surface area contributed by atoms with Crippen molar-refractivity contribution in [3.05, 3.63) is 77.5 Å². The lowest BCUT2D eigenvalue weighted by molar-refractivity contribution is 0.0764. The summed E-state index contributed by atoms with van der Waals surface area (Å²) in [6.07, 6.45) is 1.71. The third-order valence-corrected chi connectivity index (χ3v) is 5.10. The molecule has 0 unspecified atom stereocenters. The molecule has 2 N–H and O–H groups in total. The van der Waals surface area contributed by atoms with E-state index in [0.29, 0.717) is 30.1 Å². The standard InChI is InChI=1S/C23H23N3O3/c1-4-12-26-22(15-7-9-16(10-8-15)29-5-2)19-20(24-25-21(19)23(26)28)17-13-14(3)6-11-18(17)27/h4,6-11,13,22,27H,1,5,12H2,2-3H3,(H,24,25)/t22-/m1/s1. The molecular weight excluding hydrogens is 366 g/mol. The van der Waals surface area contributed by atoms with Gasteiger partial charge in [-0.05, 0) is 43.7 Å². The average Bonchev–Trinajstić information content (AvgIpc) is 3.25. The van der Waals surface area contributed by atoms with Crippen LogP contribution in [0.4, 0.5) is 0 Å². The molecule has 1 aliphatic heterocycles. The molecule has 1 aliphatic rings. The lowest BCUT2D eigenvalue weighted by Crippen LogP contribution is -2.29. The normalized spacial score (nSPS) is 15.4. The van der Waals surface area contributed by atoms with Crippen LogP contribution in [0.1, 0.15) is 40.1 Å². The Morgan fingerprint density at radius 2 is 2.03 bits per heavy atom. The summed E-state index contributed by atoms with van der Waals surface area (Å²) >= 11 is 0. The van der Waals surface area contributed by atoms with Crippen molar-refractivity contribution in [1.82, 2.24) is 15.1 Å². The molecule has 0 bridgehead atoms. The molecule has 6 heteroatoms. The highest BCUT2D eigenvalue weighted by Gasteiger charge is 2.42. The third-order valence-electron chi connectivity index (χ3n) is 5.10. The Labute approximate surface area is 169 Å². The lowest BCUT2D eigenvalue weighted by Gasteiger charge is -2.25. The van der Waals surface area contributed by atoms with Crippen molar-refractivity contribution >= 4 is 5.91 Å². The first-order valence-corrected chi connectivity index (χ1v) is 9.58. The summed E-state index contributed by atoms with van der Waals surface area (Å²) in [5, 5.41) is 17.7. The van der Waals surface area contributed by atoms with E-state index in [1.807, 2.05) is 50.2 Å². The second-order valence-corrected chi connectivity index (χ2v) is 7.03. The van der Waals surface area contributed by atoms with Crippen LogP contribution in [-0.2, 0) is 0 Å². The van der Waals surface area contributed by atoms with Gasteiger partial charge in [-0.25, -0.2) is 0 Å². The van der Waals surface area contributed by atoms with E-state index in [1.165, 1.54) is 0 Å². The van der Waals surface area contributed by atoms with Crippen molar-refractivity contribution in [1.29, 1.82) is 0 Å². The molecule has 0 radical (unpaired) electrons. The molecule has 29 heavy (non-hydrogen) atoms. The maximum atomic E-state index is 13.1. The van der Waals surface area contributed by atoms with Gasteiger partial charge in [-0.15, -0.1) is 6.58 Å². The van der Waals surface area contributed by atoms with Crippen LogP contribution in [0.2, 0.25) is 0 Å². The number of H-pyrrole nitrogens is 1. The number of fused-ring (bicyclic) bond motifs is 1. The maximum absolute atomic E-state index is 13.1. The predicted octanol–water partition coefficient (Wildman–Crippen LogP) is 4.22. The monoisotopic (exact) mass is 389 g/mol. The van der Waals surface area contributed by atoms with Crippen LogP contribution in [-0.4, -0.2) is 39.3 Å². The number of aryl methyl sites for hydroxylation is 1. The van der Waals surface area contributed by atoms with Gasteiger partial charge in [0.25, 0.3) is 5.91 Å². The summed E-state index contributed by atoms with van der Waals surface area (Å²) in [5.41, 5.74) is 4.34. The van der Waals surface area contributed by atoms with Crippen molar-refractivity contribution in [2.45, 2.75) is 19.9 Å². The Hall–Kier alpha value is -3.54. The number of hydrogen-bond acceptors (Lipinski definition) is 4. The fraction of sp³-hybridized carbons (Fsp3) is 0.217. The quantitative estimate of drug-likeness (QED) is 0.619. The molecule has 0 saturated heterocycles. The summed E-state index contributed by atoms with van der Waals surface area (Å²) in [6.45, 7) is 8.68. The lowest BCUT2D eigenvalue weighted by atomic mass is 9.95. The van der Waals surface area contributed by atoms with Gasteiger partial charge in [-0.2, -0.15) is 5.10 Å². The first-order chi connectivity index (χ1) is 14.0. The summed E-state index contributed by atoms with van der Waals surface area (Å²) in [5.74, 6) is 0.773. The number of ether oxygens (including phenoxy) is 1. The van der Waals surface area contributed by atoms with Crippen LogP contribution >= 0.6 is 0 Å². The first kappa shape index (κ1) is 18.8. The number of benzene rings is 2. The van der Waals surface area contributed by atoms with Crippen molar-refractivity contribution in [3.8, 4) is 22.8 Å². The van der Waals surface area contributed by atoms with Crippen LogP contribution in [0.3, 0.4) is 0 Å². The van der Waals surface area contributed by atoms with Crippen molar-refractivity contribution in [2.75, 3.05) is 13.2 Å². The minimum Gasteiger partial charge on any atom is -0.507 e. The van der Waals surface area contributed by atoms with E-state index < -0.39 is 0 Å². The van der Waals surface area contributed by atoms with Gasteiger partial charge in [0.15, 0.2) is 0 Å². The number of rotatable bonds is 6. The molecule has 0 spiro atoms. The van der Waals surface area contributed by atoms with Gasteiger partial charge in [0.2, 0.25) is 0 Å². The third kappa shape index (κ3) is 3.16. The van der Waals surface area contributed by atoms with Crippen molar-refractivity contribution in [2.24, 2.45) is 0 Å². The SMILES string of the molecule is C=CCN1C(=O)c2[nH]nc(-c3cc(C)ccc3O)c2[C@H]1c1ccc(OCC)cc1. The second kappa shape index (κ2) is 7.47. The van der Waals surface area contributed by atoms with Gasteiger partial charge >= 0.3 is 0 Å². The van der Waals surface area contributed by atoms with Gasteiger partial charge in [-0.1, -0.05) is 29.8 Å². The summed E-state index contributed by atoms with van der Waals surface area (Å²) in [4.78, 5) is 14.8.